The Balaban J connectivity index is 2.13. The second-order valence-corrected chi connectivity index (χ2v) is 4.17. The fourth-order valence-corrected chi connectivity index (χ4v) is 1.84. The van der Waals surface area contributed by atoms with Crippen molar-refractivity contribution in [3.8, 4) is 0 Å². The van der Waals surface area contributed by atoms with E-state index in [1.54, 1.807) is 0 Å². The van der Waals surface area contributed by atoms with Crippen LogP contribution in [0.2, 0.25) is 0 Å². The summed E-state index contributed by atoms with van der Waals surface area (Å²) in [4.78, 5) is 2.10. The van der Waals surface area contributed by atoms with E-state index >= 15 is 0 Å². The Hall–Kier alpha value is -0.960. The summed E-state index contributed by atoms with van der Waals surface area (Å²) in [5.41, 5.74) is 0. The van der Waals surface area contributed by atoms with E-state index in [0.717, 1.165) is 6.42 Å². The summed E-state index contributed by atoms with van der Waals surface area (Å²) in [6, 6.07) is 0. The number of rotatable bonds is 8. The second kappa shape index (κ2) is 8.22. The Bertz CT molecular complexity index is 226. The van der Waals surface area contributed by atoms with Crippen LogP contribution < -0.4 is 5.32 Å². The van der Waals surface area contributed by atoms with Crippen molar-refractivity contribution in [2.24, 2.45) is 0 Å². The van der Waals surface area contributed by atoms with Crippen LogP contribution >= 0.6 is 0 Å². The molecule has 0 fully saturated rings. The van der Waals surface area contributed by atoms with Gasteiger partial charge in [-0.05, 0) is 18.9 Å². The number of nitrogens with zero attached hydrogens (tertiary/aromatic N) is 1. The van der Waals surface area contributed by atoms with Crippen LogP contribution in [0.4, 0.5) is 0 Å². The van der Waals surface area contributed by atoms with Gasteiger partial charge in [0.15, 0.2) is 0 Å². The minimum absolute atomic E-state index is 0.201. The normalized spacial score (nSPS) is 19.6. The molecule has 1 rings (SSSR count). The highest BCUT2D eigenvalue weighted by molar-refractivity contribution is 5.04. The van der Waals surface area contributed by atoms with Gasteiger partial charge in [-0.25, -0.2) is 0 Å². The molecule has 1 unspecified atom stereocenters. The number of allylic oxidation sites excluding steroid dienone is 1. The average Bonchev–Trinajstić information content (AvgIpc) is 2.72. The molecule has 0 amide bonds. The van der Waals surface area contributed by atoms with Crippen molar-refractivity contribution in [2.75, 3.05) is 13.2 Å². The van der Waals surface area contributed by atoms with E-state index in [9.17, 15) is 0 Å². The maximum Gasteiger partial charge on any atom is 0.118 e. The minimum Gasteiger partial charge on any atom is -0.395 e. The Labute approximate surface area is 98.8 Å². The monoisotopic (exact) mass is 224 g/mol. The van der Waals surface area contributed by atoms with E-state index in [1.807, 2.05) is 12.4 Å². The van der Waals surface area contributed by atoms with E-state index in [4.69, 9.17) is 5.11 Å². The largest absolute Gasteiger partial charge is 0.395 e. The molecule has 1 atom stereocenters. The maximum atomic E-state index is 8.89. The fraction of sp³-hybridized carbons (Fsp3) is 0.692. The molecule has 1 heterocycles. The summed E-state index contributed by atoms with van der Waals surface area (Å²) in [6.07, 6.45) is 15.0. The molecule has 1 aliphatic rings. The Morgan fingerprint density at radius 3 is 3.00 bits per heavy atom. The quantitative estimate of drug-likeness (QED) is 0.490. The van der Waals surface area contributed by atoms with E-state index in [-0.39, 0.29) is 12.8 Å². The summed E-state index contributed by atoms with van der Waals surface area (Å²) in [5, 5.41) is 12.1. The maximum absolute atomic E-state index is 8.89. The first-order valence-corrected chi connectivity index (χ1v) is 6.34. The lowest BCUT2D eigenvalue weighted by molar-refractivity contribution is 0.220. The Kier molecular flexibility index (Phi) is 6.74. The van der Waals surface area contributed by atoms with Crippen molar-refractivity contribution in [3.05, 3.63) is 24.6 Å². The molecule has 0 spiro atoms. The molecule has 0 radical (unpaired) electrons. The summed E-state index contributed by atoms with van der Waals surface area (Å²) in [5.74, 6) is 0. The Morgan fingerprint density at radius 2 is 2.25 bits per heavy atom. The predicted octanol–water partition coefficient (Wildman–Crippen LogP) is 2.21. The van der Waals surface area contributed by atoms with Crippen molar-refractivity contribution >= 4 is 0 Å². The van der Waals surface area contributed by atoms with Crippen LogP contribution in [-0.2, 0) is 0 Å². The molecule has 16 heavy (non-hydrogen) atoms. The van der Waals surface area contributed by atoms with E-state index in [2.05, 4.69) is 29.3 Å². The number of unbranched alkanes of at least 4 members (excludes halogenated alkanes) is 4. The number of hydrogen-bond acceptors (Lipinski definition) is 3. The number of hydrogen-bond donors (Lipinski definition) is 2. The van der Waals surface area contributed by atoms with Gasteiger partial charge >= 0.3 is 0 Å². The molecule has 3 heteroatoms. The minimum atomic E-state index is 0.201. The zero-order valence-electron chi connectivity index (χ0n) is 10.2. The molecule has 0 aromatic rings. The third-order valence-corrected chi connectivity index (χ3v) is 2.79. The van der Waals surface area contributed by atoms with Crippen LogP contribution in [0.1, 0.15) is 39.0 Å². The summed E-state index contributed by atoms with van der Waals surface area (Å²) >= 11 is 0. The molecule has 0 saturated carbocycles. The third-order valence-electron chi connectivity index (χ3n) is 2.79. The van der Waals surface area contributed by atoms with Gasteiger partial charge in [0.25, 0.3) is 0 Å². The zero-order chi connectivity index (χ0) is 11.6. The fourth-order valence-electron chi connectivity index (χ4n) is 1.84. The number of β-amino-alcohol motifs (C(OH)–C–C–N with tert-alkyl or cyclic N) is 1. The van der Waals surface area contributed by atoms with E-state index in [1.165, 1.54) is 25.7 Å². The van der Waals surface area contributed by atoms with Crippen molar-refractivity contribution < 1.29 is 5.11 Å². The summed E-state index contributed by atoms with van der Waals surface area (Å²) in [6.45, 7) is 3.12. The van der Waals surface area contributed by atoms with Crippen LogP contribution in [0.5, 0.6) is 0 Å². The van der Waals surface area contributed by atoms with Crippen LogP contribution in [0.25, 0.3) is 0 Å². The predicted molar refractivity (Wildman–Crippen MR) is 67.8 cm³/mol. The first-order chi connectivity index (χ1) is 7.88. The van der Waals surface area contributed by atoms with Crippen LogP contribution in [-0.4, -0.2) is 29.3 Å². The molecule has 0 bridgehead atoms. The second-order valence-electron chi connectivity index (χ2n) is 4.17. The van der Waals surface area contributed by atoms with Crippen molar-refractivity contribution in [3.63, 3.8) is 0 Å². The van der Waals surface area contributed by atoms with Gasteiger partial charge in [-0.3, -0.25) is 0 Å². The van der Waals surface area contributed by atoms with Crippen molar-refractivity contribution in [2.45, 2.75) is 45.2 Å². The van der Waals surface area contributed by atoms with Gasteiger partial charge in [0.05, 0.1) is 6.61 Å². The van der Waals surface area contributed by atoms with Gasteiger partial charge in [-0.15, -0.1) is 0 Å². The third kappa shape index (κ3) is 4.71. The molecular formula is C13H24N2O. The molecule has 3 nitrogen and oxygen atoms in total. The molecule has 0 saturated heterocycles. The standard InChI is InChI=1S/C13H24N2O/c1-2-3-4-5-6-7-8-13-14-9-10-15(13)11-12-16/h7-10,13-14,16H,2-6,11-12H2,1H3/b8-7+. The lowest BCUT2D eigenvalue weighted by Gasteiger charge is -2.21. The van der Waals surface area contributed by atoms with Gasteiger partial charge < -0.3 is 15.3 Å². The highest BCUT2D eigenvalue weighted by Crippen LogP contribution is 2.07. The lowest BCUT2D eigenvalue weighted by Crippen LogP contribution is -2.35. The number of nitrogens with one attached hydrogen (secondary N) is 1. The van der Waals surface area contributed by atoms with Crippen molar-refractivity contribution in [1.82, 2.24) is 10.2 Å². The molecule has 0 aliphatic carbocycles. The van der Waals surface area contributed by atoms with Gasteiger partial charge in [0.2, 0.25) is 0 Å². The first kappa shape index (κ1) is 13.1. The zero-order valence-corrected chi connectivity index (χ0v) is 10.2. The van der Waals surface area contributed by atoms with Gasteiger partial charge in [-0.1, -0.05) is 32.3 Å². The Morgan fingerprint density at radius 1 is 1.38 bits per heavy atom. The first-order valence-electron chi connectivity index (χ1n) is 6.34. The van der Waals surface area contributed by atoms with Gasteiger partial charge in [0.1, 0.15) is 6.17 Å². The van der Waals surface area contributed by atoms with E-state index in [0.29, 0.717) is 6.54 Å². The SMILES string of the molecule is CCCCCC/C=C/C1NC=CN1CCO. The van der Waals surface area contributed by atoms with Gasteiger partial charge in [0, 0.05) is 18.9 Å². The van der Waals surface area contributed by atoms with Crippen LogP contribution in [0.3, 0.4) is 0 Å². The van der Waals surface area contributed by atoms with Crippen molar-refractivity contribution in [1.29, 1.82) is 0 Å². The number of aliphatic hydroxyl groups excluding tert-OH is 1. The molecular weight excluding hydrogens is 200 g/mol. The van der Waals surface area contributed by atoms with Crippen LogP contribution in [0.15, 0.2) is 24.6 Å². The smallest absolute Gasteiger partial charge is 0.118 e. The average molecular weight is 224 g/mol. The molecule has 1 aliphatic heterocycles. The highest BCUT2D eigenvalue weighted by Gasteiger charge is 2.13. The van der Waals surface area contributed by atoms with Crippen LogP contribution in [0, 0.1) is 0 Å². The number of aliphatic hydroxyl groups is 1. The molecule has 2 N–H and O–H groups in total. The molecule has 0 aromatic carbocycles. The topological polar surface area (TPSA) is 35.5 Å². The molecule has 92 valence electrons. The van der Waals surface area contributed by atoms with E-state index < -0.39 is 0 Å². The summed E-state index contributed by atoms with van der Waals surface area (Å²) in [7, 11) is 0. The van der Waals surface area contributed by atoms with Gasteiger partial charge in [-0.2, -0.15) is 0 Å². The lowest BCUT2D eigenvalue weighted by atomic mass is 10.1. The summed E-state index contributed by atoms with van der Waals surface area (Å²) < 4.78 is 0. The molecule has 0 aromatic heterocycles. The highest BCUT2D eigenvalue weighted by atomic mass is 16.3.